The van der Waals surface area contributed by atoms with Gasteiger partial charge in [0.25, 0.3) is 0 Å². The number of carbonyl (C=O) groups excluding carboxylic acids is 1. The van der Waals surface area contributed by atoms with Crippen molar-refractivity contribution in [3.05, 3.63) is 33.3 Å². The van der Waals surface area contributed by atoms with Crippen LogP contribution in [0.4, 0.5) is 13.2 Å². The second-order valence-electron chi connectivity index (χ2n) is 6.30. The molecule has 0 N–H and O–H groups in total. The fourth-order valence-corrected chi connectivity index (χ4v) is 4.43. The first kappa shape index (κ1) is 20.6. The minimum absolute atomic E-state index is 0.00693. The Balaban J connectivity index is 2.35. The first-order valence-corrected chi connectivity index (χ1v) is 9.67. The smallest absolute Gasteiger partial charge is 0.416 e. The SMILES string of the molecule is CCOC(=O)C(Cl)Cc1cc(Br)c(C2CCCCC2)c(C(F)(F)F)c1. The van der Waals surface area contributed by atoms with Crippen LogP contribution >= 0.6 is 27.5 Å². The summed E-state index contributed by atoms with van der Waals surface area (Å²) in [7, 11) is 0. The molecule has 1 unspecified atom stereocenters. The van der Waals surface area contributed by atoms with E-state index in [-0.39, 0.29) is 18.9 Å². The van der Waals surface area contributed by atoms with Gasteiger partial charge in [-0.05, 0) is 55.4 Å². The molecule has 1 fully saturated rings. The number of hydrogen-bond donors (Lipinski definition) is 0. The molecule has 2 nitrogen and oxygen atoms in total. The van der Waals surface area contributed by atoms with E-state index in [1.54, 1.807) is 13.0 Å². The molecule has 0 spiro atoms. The Morgan fingerprint density at radius 1 is 1.32 bits per heavy atom. The van der Waals surface area contributed by atoms with Crippen LogP contribution in [0, 0.1) is 0 Å². The van der Waals surface area contributed by atoms with Gasteiger partial charge in [0.15, 0.2) is 0 Å². The zero-order chi connectivity index (χ0) is 18.6. The fraction of sp³-hybridized carbons (Fsp3) is 0.611. The second-order valence-corrected chi connectivity index (χ2v) is 7.68. The van der Waals surface area contributed by atoms with Crippen LogP contribution in [0.1, 0.15) is 61.6 Å². The molecule has 7 heteroatoms. The molecule has 140 valence electrons. The highest BCUT2D eigenvalue weighted by molar-refractivity contribution is 9.10. The molecule has 0 aliphatic heterocycles. The summed E-state index contributed by atoms with van der Waals surface area (Å²) in [6.07, 6.45) is 0.0422. The summed E-state index contributed by atoms with van der Waals surface area (Å²) in [5, 5.41) is -1.01. The third kappa shape index (κ3) is 5.36. The highest BCUT2D eigenvalue weighted by Gasteiger charge is 2.37. The predicted molar refractivity (Wildman–Crippen MR) is 94.9 cm³/mol. The standard InChI is InChI=1S/C18H21BrClF3O2/c1-2-25-17(24)15(20)10-11-8-13(18(21,22)23)16(14(19)9-11)12-6-4-3-5-7-12/h8-9,12,15H,2-7,10H2,1H3. The normalized spacial score (nSPS) is 17.4. The monoisotopic (exact) mass is 440 g/mol. The predicted octanol–water partition coefficient (Wildman–Crippen LogP) is 6.23. The molecule has 0 radical (unpaired) electrons. The van der Waals surface area contributed by atoms with Crippen molar-refractivity contribution < 1.29 is 22.7 Å². The van der Waals surface area contributed by atoms with Crippen LogP contribution < -0.4 is 0 Å². The zero-order valence-electron chi connectivity index (χ0n) is 14.0. The molecule has 1 aliphatic carbocycles. The van der Waals surface area contributed by atoms with Gasteiger partial charge in [-0.25, -0.2) is 0 Å². The summed E-state index contributed by atoms with van der Waals surface area (Å²) in [6.45, 7) is 1.83. The van der Waals surface area contributed by atoms with Crippen LogP contribution in [0.25, 0.3) is 0 Å². The van der Waals surface area contributed by atoms with Gasteiger partial charge in [0.1, 0.15) is 5.38 Å². The van der Waals surface area contributed by atoms with E-state index in [0.29, 0.717) is 15.6 Å². The molecule has 2 rings (SSSR count). The number of alkyl halides is 4. The van der Waals surface area contributed by atoms with E-state index in [1.165, 1.54) is 0 Å². The van der Waals surface area contributed by atoms with Crippen molar-refractivity contribution in [3.8, 4) is 0 Å². The van der Waals surface area contributed by atoms with Gasteiger partial charge in [0.2, 0.25) is 0 Å². The third-order valence-corrected chi connectivity index (χ3v) is 5.45. The molecule has 1 atom stereocenters. The van der Waals surface area contributed by atoms with E-state index in [9.17, 15) is 18.0 Å². The van der Waals surface area contributed by atoms with Crippen LogP contribution in [0.2, 0.25) is 0 Å². The molecule has 1 saturated carbocycles. The maximum Gasteiger partial charge on any atom is 0.416 e. The average molecular weight is 442 g/mol. The summed E-state index contributed by atoms with van der Waals surface area (Å²) < 4.78 is 46.2. The summed E-state index contributed by atoms with van der Waals surface area (Å²) in [6, 6.07) is 2.77. The summed E-state index contributed by atoms with van der Waals surface area (Å²) >= 11 is 9.31. The van der Waals surface area contributed by atoms with Crippen LogP contribution in [0.3, 0.4) is 0 Å². The Bertz CT molecular complexity index is 613. The van der Waals surface area contributed by atoms with E-state index in [4.69, 9.17) is 16.3 Å². The molecule has 0 heterocycles. The van der Waals surface area contributed by atoms with Gasteiger partial charge in [-0.1, -0.05) is 35.2 Å². The summed E-state index contributed by atoms with van der Waals surface area (Å²) in [5.41, 5.74) is 0.0709. The number of rotatable bonds is 5. The number of ether oxygens (including phenoxy) is 1. The molecule has 1 aromatic carbocycles. The summed E-state index contributed by atoms with van der Waals surface area (Å²) in [4.78, 5) is 11.6. The van der Waals surface area contributed by atoms with Gasteiger partial charge in [-0.3, -0.25) is 4.79 Å². The maximum atomic E-state index is 13.6. The van der Waals surface area contributed by atoms with Crippen molar-refractivity contribution in [2.75, 3.05) is 6.61 Å². The molecular formula is C18H21BrClF3O2. The van der Waals surface area contributed by atoms with Gasteiger partial charge in [0.05, 0.1) is 12.2 Å². The highest BCUT2D eigenvalue weighted by Crippen LogP contribution is 2.44. The van der Waals surface area contributed by atoms with Gasteiger partial charge < -0.3 is 4.74 Å². The molecule has 1 aromatic rings. The number of halogens is 5. The molecule has 25 heavy (non-hydrogen) atoms. The van der Waals surface area contributed by atoms with E-state index in [0.717, 1.165) is 38.2 Å². The first-order valence-electron chi connectivity index (χ1n) is 8.44. The zero-order valence-corrected chi connectivity index (χ0v) is 16.3. The average Bonchev–Trinajstić information content (AvgIpc) is 2.54. The van der Waals surface area contributed by atoms with E-state index >= 15 is 0 Å². The Hall–Kier alpha value is -0.750. The lowest BCUT2D eigenvalue weighted by molar-refractivity contribution is -0.142. The number of hydrogen-bond acceptors (Lipinski definition) is 2. The molecule has 0 saturated heterocycles. The fourth-order valence-electron chi connectivity index (χ4n) is 3.36. The van der Waals surface area contributed by atoms with Crippen LogP contribution in [-0.4, -0.2) is 18.0 Å². The lowest BCUT2D eigenvalue weighted by Gasteiger charge is -2.27. The number of carbonyl (C=O) groups is 1. The van der Waals surface area contributed by atoms with Crippen molar-refractivity contribution in [2.24, 2.45) is 0 Å². The molecular weight excluding hydrogens is 421 g/mol. The largest absolute Gasteiger partial charge is 0.465 e. The molecule has 1 aliphatic rings. The summed E-state index contributed by atoms with van der Waals surface area (Å²) in [5.74, 6) is -0.712. The third-order valence-electron chi connectivity index (χ3n) is 4.47. The van der Waals surface area contributed by atoms with Gasteiger partial charge in [0, 0.05) is 4.47 Å². The second kappa shape index (κ2) is 8.76. The molecule has 0 bridgehead atoms. The lowest BCUT2D eigenvalue weighted by atomic mass is 9.81. The van der Waals surface area contributed by atoms with Crippen molar-refractivity contribution >= 4 is 33.5 Å². The Kier molecular flexibility index (Phi) is 7.20. The Labute approximate surface area is 159 Å². The van der Waals surface area contributed by atoms with Gasteiger partial charge in [-0.15, -0.1) is 11.6 Å². The van der Waals surface area contributed by atoms with E-state index < -0.39 is 23.1 Å². The quantitative estimate of drug-likeness (QED) is 0.400. The van der Waals surface area contributed by atoms with E-state index in [2.05, 4.69) is 15.9 Å². The Morgan fingerprint density at radius 2 is 1.96 bits per heavy atom. The van der Waals surface area contributed by atoms with E-state index in [1.807, 2.05) is 0 Å². The minimum atomic E-state index is -4.45. The van der Waals surface area contributed by atoms with Gasteiger partial charge >= 0.3 is 12.1 Å². The number of benzene rings is 1. The minimum Gasteiger partial charge on any atom is -0.465 e. The highest BCUT2D eigenvalue weighted by atomic mass is 79.9. The molecule has 0 aromatic heterocycles. The Morgan fingerprint density at radius 3 is 2.52 bits per heavy atom. The van der Waals surface area contributed by atoms with Crippen molar-refractivity contribution in [2.45, 2.75) is 62.9 Å². The van der Waals surface area contributed by atoms with Crippen molar-refractivity contribution in [3.63, 3.8) is 0 Å². The van der Waals surface area contributed by atoms with Crippen LogP contribution in [-0.2, 0) is 22.1 Å². The first-order chi connectivity index (χ1) is 11.7. The molecule has 0 amide bonds. The van der Waals surface area contributed by atoms with Gasteiger partial charge in [-0.2, -0.15) is 13.2 Å². The van der Waals surface area contributed by atoms with Crippen molar-refractivity contribution in [1.29, 1.82) is 0 Å². The lowest BCUT2D eigenvalue weighted by Crippen LogP contribution is -2.21. The van der Waals surface area contributed by atoms with Crippen LogP contribution in [0.5, 0.6) is 0 Å². The topological polar surface area (TPSA) is 26.3 Å². The van der Waals surface area contributed by atoms with Crippen LogP contribution in [0.15, 0.2) is 16.6 Å². The maximum absolute atomic E-state index is 13.6. The number of esters is 1. The van der Waals surface area contributed by atoms with Crippen molar-refractivity contribution in [1.82, 2.24) is 0 Å².